The summed E-state index contributed by atoms with van der Waals surface area (Å²) in [5.41, 5.74) is 0.569. The van der Waals surface area contributed by atoms with E-state index in [1.165, 1.54) is 31.4 Å². The van der Waals surface area contributed by atoms with E-state index < -0.39 is 11.7 Å². The molecular weight excluding hydrogens is 275 g/mol. The highest BCUT2D eigenvalue weighted by Gasteiger charge is 2.33. The van der Waals surface area contributed by atoms with E-state index in [9.17, 15) is 13.2 Å². The Labute approximate surface area is 124 Å². The minimum Gasteiger partial charge on any atom is -0.307 e. The van der Waals surface area contributed by atoms with Gasteiger partial charge in [0.05, 0.1) is 5.56 Å². The molecule has 2 rings (SSSR count). The highest BCUT2D eigenvalue weighted by molar-refractivity contribution is 5.26. The van der Waals surface area contributed by atoms with E-state index in [1.807, 2.05) is 6.92 Å². The fourth-order valence-corrected chi connectivity index (χ4v) is 3.16. The zero-order chi connectivity index (χ0) is 15.7. The predicted octanol–water partition coefficient (Wildman–Crippen LogP) is 5.32. The standard InChI is InChI=1S/C17H24F3N/c1-12(21-15-6-4-5-11-16(15,2)3)13-7-9-14(10-8-13)17(18,19)20/h7-10,12,15,21H,4-6,11H2,1-3H3. The van der Waals surface area contributed by atoms with Crippen molar-refractivity contribution in [3.8, 4) is 0 Å². The smallest absolute Gasteiger partial charge is 0.307 e. The van der Waals surface area contributed by atoms with Gasteiger partial charge in [-0.3, -0.25) is 0 Å². The van der Waals surface area contributed by atoms with Crippen LogP contribution in [0.4, 0.5) is 13.2 Å². The molecule has 21 heavy (non-hydrogen) atoms. The van der Waals surface area contributed by atoms with E-state index in [1.54, 1.807) is 12.1 Å². The molecule has 1 aromatic carbocycles. The van der Waals surface area contributed by atoms with Crippen LogP contribution in [0.2, 0.25) is 0 Å². The van der Waals surface area contributed by atoms with Gasteiger partial charge < -0.3 is 5.32 Å². The monoisotopic (exact) mass is 299 g/mol. The molecule has 4 heteroatoms. The number of hydrogen-bond donors (Lipinski definition) is 1. The number of halogens is 3. The summed E-state index contributed by atoms with van der Waals surface area (Å²) in [4.78, 5) is 0. The Kier molecular flexibility index (Phi) is 4.66. The number of rotatable bonds is 3. The first-order valence-corrected chi connectivity index (χ1v) is 7.63. The molecule has 1 aromatic rings. The molecule has 0 saturated heterocycles. The molecule has 2 atom stereocenters. The summed E-state index contributed by atoms with van der Waals surface area (Å²) in [5, 5.41) is 3.60. The molecule has 0 radical (unpaired) electrons. The van der Waals surface area contributed by atoms with Gasteiger partial charge in [-0.25, -0.2) is 0 Å². The zero-order valence-electron chi connectivity index (χ0n) is 12.9. The maximum atomic E-state index is 12.6. The van der Waals surface area contributed by atoms with E-state index in [2.05, 4.69) is 19.2 Å². The molecular formula is C17H24F3N. The lowest BCUT2D eigenvalue weighted by Crippen LogP contribution is -2.45. The molecule has 1 fully saturated rings. The van der Waals surface area contributed by atoms with Gasteiger partial charge >= 0.3 is 6.18 Å². The Bertz CT molecular complexity index is 462. The summed E-state index contributed by atoms with van der Waals surface area (Å²) in [6.07, 6.45) is 0.559. The molecule has 0 aliphatic heterocycles. The van der Waals surface area contributed by atoms with Crippen LogP contribution in [0.3, 0.4) is 0 Å². The van der Waals surface area contributed by atoms with E-state index >= 15 is 0 Å². The van der Waals surface area contributed by atoms with Crippen LogP contribution in [0.5, 0.6) is 0 Å². The Hall–Kier alpha value is -1.03. The molecule has 0 aromatic heterocycles. The van der Waals surface area contributed by atoms with Crippen LogP contribution >= 0.6 is 0 Å². The molecule has 0 heterocycles. The summed E-state index contributed by atoms with van der Waals surface area (Å²) in [7, 11) is 0. The summed E-state index contributed by atoms with van der Waals surface area (Å²) in [6, 6.07) is 5.98. The molecule has 1 aliphatic carbocycles. The fraction of sp³-hybridized carbons (Fsp3) is 0.647. The van der Waals surface area contributed by atoms with Crippen molar-refractivity contribution in [2.45, 2.75) is 64.7 Å². The van der Waals surface area contributed by atoms with Gasteiger partial charge in [0.15, 0.2) is 0 Å². The lowest BCUT2D eigenvalue weighted by atomic mass is 9.73. The summed E-state index contributed by atoms with van der Waals surface area (Å²) >= 11 is 0. The average molecular weight is 299 g/mol. The third-order valence-corrected chi connectivity index (χ3v) is 4.70. The molecule has 2 unspecified atom stereocenters. The highest BCUT2D eigenvalue weighted by Crippen LogP contribution is 2.37. The third kappa shape index (κ3) is 4.00. The van der Waals surface area contributed by atoms with E-state index in [0.717, 1.165) is 12.0 Å². The first-order chi connectivity index (χ1) is 9.70. The van der Waals surface area contributed by atoms with Crippen molar-refractivity contribution < 1.29 is 13.2 Å². The average Bonchev–Trinajstić information content (AvgIpc) is 2.40. The Morgan fingerprint density at radius 3 is 2.29 bits per heavy atom. The quantitative estimate of drug-likeness (QED) is 0.796. The molecule has 1 saturated carbocycles. The van der Waals surface area contributed by atoms with E-state index in [4.69, 9.17) is 0 Å². The first kappa shape index (κ1) is 16.3. The van der Waals surface area contributed by atoms with Crippen molar-refractivity contribution in [1.29, 1.82) is 0 Å². The lowest BCUT2D eigenvalue weighted by Gasteiger charge is -2.41. The van der Waals surface area contributed by atoms with Gasteiger partial charge in [0.25, 0.3) is 0 Å². The summed E-state index contributed by atoms with van der Waals surface area (Å²) < 4.78 is 37.7. The Morgan fingerprint density at radius 1 is 1.14 bits per heavy atom. The summed E-state index contributed by atoms with van der Waals surface area (Å²) in [6.45, 7) is 6.56. The van der Waals surface area contributed by atoms with Crippen molar-refractivity contribution >= 4 is 0 Å². The van der Waals surface area contributed by atoms with Crippen molar-refractivity contribution in [3.05, 3.63) is 35.4 Å². The van der Waals surface area contributed by atoms with Crippen molar-refractivity contribution in [2.24, 2.45) is 5.41 Å². The van der Waals surface area contributed by atoms with E-state index in [-0.39, 0.29) is 11.5 Å². The molecule has 1 N–H and O–H groups in total. The Morgan fingerprint density at radius 2 is 1.76 bits per heavy atom. The zero-order valence-corrected chi connectivity index (χ0v) is 12.9. The molecule has 0 amide bonds. The van der Waals surface area contributed by atoms with Gasteiger partial charge in [0.1, 0.15) is 0 Å². The van der Waals surface area contributed by atoms with Crippen LogP contribution in [0.1, 0.15) is 63.6 Å². The number of benzene rings is 1. The van der Waals surface area contributed by atoms with Crippen LogP contribution in [0.15, 0.2) is 24.3 Å². The van der Waals surface area contributed by atoms with Gasteiger partial charge in [-0.2, -0.15) is 13.2 Å². The minimum absolute atomic E-state index is 0.0645. The number of alkyl halides is 3. The van der Waals surface area contributed by atoms with E-state index in [0.29, 0.717) is 6.04 Å². The van der Waals surface area contributed by atoms with Crippen LogP contribution in [-0.2, 0) is 6.18 Å². The molecule has 1 nitrogen and oxygen atoms in total. The largest absolute Gasteiger partial charge is 0.416 e. The van der Waals surface area contributed by atoms with Crippen LogP contribution < -0.4 is 5.32 Å². The second-order valence-electron chi connectivity index (χ2n) is 6.80. The third-order valence-electron chi connectivity index (χ3n) is 4.70. The van der Waals surface area contributed by atoms with Gasteiger partial charge in [-0.1, -0.05) is 38.8 Å². The lowest BCUT2D eigenvalue weighted by molar-refractivity contribution is -0.137. The van der Waals surface area contributed by atoms with Gasteiger partial charge in [0.2, 0.25) is 0 Å². The minimum atomic E-state index is -4.26. The summed E-state index contributed by atoms with van der Waals surface area (Å²) in [5.74, 6) is 0. The molecule has 0 spiro atoms. The number of hydrogen-bond acceptors (Lipinski definition) is 1. The number of nitrogens with one attached hydrogen (secondary N) is 1. The molecule has 118 valence electrons. The SMILES string of the molecule is CC(NC1CCCCC1(C)C)c1ccc(C(F)(F)F)cc1. The molecule has 1 aliphatic rings. The van der Waals surface area contributed by atoms with Gasteiger partial charge in [-0.15, -0.1) is 0 Å². The predicted molar refractivity (Wildman–Crippen MR) is 79.0 cm³/mol. The maximum Gasteiger partial charge on any atom is 0.416 e. The van der Waals surface area contributed by atoms with Crippen molar-refractivity contribution in [2.75, 3.05) is 0 Å². The first-order valence-electron chi connectivity index (χ1n) is 7.63. The fourth-order valence-electron chi connectivity index (χ4n) is 3.16. The van der Waals surface area contributed by atoms with Crippen LogP contribution in [0.25, 0.3) is 0 Å². The second-order valence-corrected chi connectivity index (χ2v) is 6.80. The van der Waals surface area contributed by atoms with Gasteiger partial charge in [-0.05, 0) is 42.9 Å². The van der Waals surface area contributed by atoms with Crippen molar-refractivity contribution in [3.63, 3.8) is 0 Å². The highest BCUT2D eigenvalue weighted by atomic mass is 19.4. The second kappa shape index (κ2) is 5.99. The normalized spacial score (nSPS) is 23.8. The van der Waals surface area contributed by atoms with Crippen molar-refractivity contribution in [1.82, 2.24) is 5.32 Å². The maximum absolute atomic E-state index is 12.6. The topological polar surface area (TPSA) is 12.0 Å². The molecule has 0 bridgehead atoms. The van der Waals surface area contributed by atoms with Crippen LogP contribution in [0, 0.1) is 5.41 Å². The Balaban J connectivity index is 2.04. The van der Waals surface area contributed by atoms with Crippen LogP contribution in [-0.4, -0.2) is 6.04 Å². The van der Waals surface area contributed by atoms with Gasteiger partial charge in [0, 0.05) is 12.1 Å².